The molecular weight excluding hydrogens is 364 g/mol. The summed E-state index contributed by atoms with van der Waals surface area (Å²) in [7, 11) is 0. The maximum Gasteiger partial charge on any atom is 0.101 e. The van der Waals surface area contributed by atoms with Gasteiger partial charge in [0.05, 0.1) is 0 Å². The molecule has 1 aromatic heterocycles. The van der Waals surface area contributed by atoms with Crippen LogP contribution in [-0.4, -0.2) is 0 Å². The smallest absolute Gasteiger partial charge is 0.101 e. The first kappa shape index (κ1) is 19.3. The molecule has 0 spiro atoms. The Bertz CT molecular complexity index is 973. The van der Waals surface area contributed by atoms with Gasteiger partial charge in [-0.2, -0.15) is 0 Å². The van der Waals surface area contributed by atoms with Crippen LogP contribution in [0.4, 0.5) is 5.69 Å². The molecule has 0 fully saturated rings. The fraction of sp³-hybridized carbons (Fsp3) is 0.0435. The second-order valence-electron chi connectivity index (χ2n) is 6.23. The lowest BCUT2D eigenvalue weighted by Gasteiger charge is -2.12. The Kier molecular flexibility index (Phi) is 6.54. The zero-order valence-corrected chi connectivity index (χ0v) is 16.4. The Morgan fingerprint density at radius 1 is 0.929 bits per heavy atom. The van der Waals surface area contributed by atoms with Gasteiger partial charge in [-0.1, -0.05) is 55.1 Å². The Morgan fingerprint density at radius 2 is 1.71 bits per heavy atom. The van der Waals surface area contributed by atoms with Crippen LogP contribution in [0.3, 0.4) is 0 Å². The van der Waals surface area contributed by atoms with Crippen molar-refractivity contribution in [1.29, 1.82) is 0 Å². The van der Waals surface area contributed by atoms with E-state index in [4.69, 9.17) is 11.5 Å². The first-order chi connectivity index (χ1) is 13.6. The number of nitrogens with two attached hydrogens (primary N) is 2. The van der Waals surface area contributed by atoms with E-state index < -0.39 is 0 Å². The second-order valence-corrected chi connectivity index (χ2v) is 7.26. The van der Waals surface area contributed by atoms with Gasteiger partial charge in [-0.25, -0.2) is 0 Å². The van der Waals surface area contributed by atoms with Gasteiger partial charge in [0.15, 0.2) is 0 Å². The van der Waals surface area contributed by atoms with E-state index in [2.05, 4.69) is 28.7 Å². The number of nitrogens with one attached hydrogen (secondary N) is 2. The van der Waals surface area contributed by atoms with E-state index in [1.54, 1.807) is 23.5 Å². The third-order valence-electron chi connectivity index (χ3n) is 4.11. The number of hydrogen-bond donors (Lipinski definition) is 4. The zero-order valence-electron chi connectivity index (χ0n) is 15.6. The van der Waals surface area contributed by atoms with Crippen LogP contribution in [0.2, 0.25) is 0 Å². The molecule has 0 saturated carbocycles. The van der Waals surface area contributed by atoms with E-state index in [9.17, 15) is 0 Å². The highest BCUT2D eigenvalue weighted by atomic mass is 32.1. The molecule has 0 aliphatic heterocycles. The molecule has 0 bridgehead atoms. The maximum absolute atomic E-state index is 6.09. The molecule has 2 aromatic carbocycles. The summed E-state index contributed by atoms with van der Waals surface area (Å²) in [5.74, 6) is 0.508. The van der Waals surface area contributed by atoms with Crippen LogP contribution in [0.5, 0.6) is 0 Å². The predicted molar refractivity (Wildman–Crippen MR) is 121 cm³/mol. The number of allylic oxidation sites excluding steroid dienone is 2. The minimum absolute atomic E-state index is 0.508. The Hall–Kier alpha value is -3.44. The molecule has 142 valence electrons. The van der Waals surface area contributed by atoms with E-state index in [1.807, 2.05) is 60.7 Å². The summed E-state index contributed by atoms with van der Waals surface area (Å²) in [4.78, 5) is 1.27. The maximum atomic E-state index is 6.09. The summed E-state index contributed by atoms with van der Waals surface area (Å²) in [6.07, 6.45) is 3.56. The summed E-state index contributed by atoms with van der Waals surface area (Å²) in [5, 5.41) is 8.61. The van der Waals surface area contributed by atoms with Crippen molar-refractivity contribution in [3.8, 4) is 0 Å². The van der Waals surface area contributed by atoms with Gasteiger partial charge >= 0.3 is 0 Å². The van der Waals surface area contributed by atoms with Gasteiger partial charge in [0.2, 0.25) is 0 Å². The summed E-state index contributed by atoms with van der Waals surface area (Å²) in [6.45, 7) is 4.90. The van der Waals surface area contributed by atoms with Gasteiger partial charge in [0, 0.05) is 28.5 Å². The van der Waals surface area contributed by atoms with Crippen LogP contribution in [0.15, 0.2) is 96.7 Å². The standard InChI is InChI=1S/C23H24N4S/c1-17(26-16-21-11-6-14-28-21)19-9-5-10-20(15-19)27-23(25)13-12-22(24)18-7-3-2-4-8-18/h2-15,26-27H,1,16,24-25H2/b22-12-,23-13+. The number of thiophene rings is 1. The molecule has 1 heterocycles. The SMILES string of the molecule is C=C(NCc1cccs1)c1cccc(N/C(N)=C/C=C(\N)c2ccccc2)c1. The lowest BCUT2D eigenvalue weighted by molar-refractivity contribution is 0.910. The molecule has 3 rings (SSSR count). The number of hydrogen-bond acceptors (Lipinski definition) is 5. The molecule has 6 N–H and O–H groups in total. The Labute approximate surface area is 169 Å². The summed E-state index contributed by atoms with van der Waals surface area (Å²) in [5.41, 5.74) is 16.6. The third-order valence-corrected chi connectivity index (χ3v) is 4.98. The molecule has 28 heavy (non-hydrogen) atoms. The highest BCUT2D eigenvalue weighted by Gasteiger charge is 2.02. The predicted octanol–water partition coefficient (Wildman–Crippen LogP) is 4.72. The molecule has 3 aromatic rings. The molecule has 0 aliphatic carbocycles. The van der Waals surface area contributed by atoms with Gasteiger partial charge in [-0.05, 0) is 46.9 Å². The van der Waals surface area contributed by atoms with Crippen molar-refractivity contribution in [2.45, 2.75) is 6.54 Å². The first-order valence-corrected chi connectivity index (χ1v) is 9.81. The molecule has 5 heteroatoms. The van der Waals surface area contributed by atoms with Crippen molar-refractivity contribution in [3.05, 3.63) is 113 Å². The monoisotopic (exact) mass is 388 g/mol. The van der Waals surface area contributed by atoms with E-state index >= 15 is 0 Å². The number of anilines is 1. The molecule has 0 saturated heterocycles. The molecular formula is C23H24N4S. The Balaban J connectivity index is 1.62. The number of rotatable bonds is 8. The van der Waals surface area contributed by atoms with Crippen LogP contribution in [0.1, 0.15) is 16.0 Å². The fourth-order valence-electron chi connectivity index (χ4n) is 2.61. The fourth-order valence-corrected chi connectivity index (χ4v) is 3.25. The van der Waals surface area contributed by atoms with Crippen LogP contribution in [0.25, 0.3) is 11.4 Å². The Morgan fingerprint density at radius 3 is 2.46 bits per heavy atom. The van der Waals surface area contributed by atoms with E-state index in [0.717, 1.165) is 29.1 Å². The molecule has 4 nitrogen and oxygen atoms in total. The van der Waals surface area contributed by atoms with Gasteiger partial charge in [-0.15, -0.1) is 11.3 Å². The minimum Gasteiger partial charge on any atom is -0.398 e. The first-order valence-electron chi connectivity index (χ1n) is 8.93. The molecule has 0 atom stereocenters. The van der Waals surface area contributed by atoms with Crippen molar-refractivity contribution in [2.24, 2.45) is 11.5 Å². The third kappa shape index (κ3) is 5.53. The normalized spacial score (nSPS) is 11.9. The molecule has 0 amide bonds. The quantitative estimate of drug-likeness (QED) is 0.421. The summed E-state index contributed by atoms with van der Waals surface area (Å²) < 4.78 is 0. The lowest BCUT2D eigenvalue weighted by Crippen LogP contribution is -2.11. The van der Waals surface area contributed by atoms with Crippen molar-refractivity contribution < 1.29 is 0 Å². The summed E-state index contributed by atoms with van der Waals surface area (Å²) >= 11 is 1.72. The minimum atomic E-state index is 0.508. The van der Waals surface area contributed by atoms with Gasteiger partial charge in [0.25, 0.3) is 0 Å². The summed E-state index contributed by atoms with van der Waals surface area (Å²) in [6, 6.07) is 21.9. The molecule has 0 radical (unpaired) electrons. The lowest BCUT2D eigenvalue weighted by atomic mass is 10.1. The van der Waals surface area contributed by atoms with Crippen LogP contribution < -0.4 is 22.1 Å². The van der Waals surface area contributed by atoms with Crippen molar-refractivity contribution in [1.82, 2.24) is 5.32 Å². The van der Waals surface area contributed by atoms with Gasteiger partial charge in [0.1, 0.15) is 5.82 Å². The van der Waals surface area contributed by atoms with Crippen molar-refractivity contribution >= 4 is 28.4 Å². The second kappa shape index (κ2) is 9.48. The molecule has 0 aliphatic rings. The number of benzene rings is 2. The average molecular weight is 389 g/mol. The van der Waals surface area contributed by atoms with Crippen LogP contribution >= 0.6 is 11.3 Å². The van der Waals surface area contributed by atoms with Gasteiger partial charge < -0.3 is 22.1 Å². The van der Waals surface area contributed by atoms with Gasteiger partial charge in [-0.3, -0.25) is 0 Å². The highest BCUT2D eigenvalue weighted by molar-refractivity contribution is 7.09. The van der Waals surface area contributed by atoms with Crippen molar-refractivity contribution in [2.75, 3.05) is 5.32 Å². The zero-order chi connectivity index (χ0) is 19.8. The molecule has 0 unspecified atom stereocenters. The van der Waals surface area contributed by atoms with Crippen molar-refractivity contribution in [3.63, 3.8) is 0 Å². The largest absolute Gasteiger partial charge is 0.398 e. The van der Waals surface area contributed by atoms with E-state index in [0.29, 0.717) is 11.5 Å². The average Bonchev–Trinajstić information content (AvgIpc) is 3.25. The van der Waals surface area contributed by atoms with Crippen LogP contribution in [-0.2, 0) is 6.54 Å². The topological polar surface area (TPSA) is 76.1 Å². The highest BCUT2D eigenvalue weighted by Crippen LogP contribution is 2.18. The van der Waals surface area contributed by atoms with Crippen LogP contribution in [0, 0.1) is 0 Å². The van der Waals surface area contributed by atoms with E-state index in [1.165, 1.54) is 4.88 Å². The van der Waals surface area contributed by atoms with E-state index in [-0.39, 0.29) is 0 Å².